The number of alkyl carbamates (subject to hydrolysis) is 1. The molecule has 1 saturated heterocycles. The highest BCUT2D eigenvalue weighted by Crippen LogP contribution is 2.30. The van der Waals surface area contributed by atoms with Gasteiger partial charge in [-0.2, -0.15) is 0 Å². The number of hydrazine groups is 1. The Morgan fingerprint density at radius 2 is 1.62 bits per heavy atom. The molecule has 0 bridgehead atoms. The molecule has 1 atom stereocenters. The minimum absolute atomic E-state index is 0.0815. The zero-order valence-electron chi connectivity index (χ0n) is 17.8. The quantitative estimate of drug-likeness (QED) is 0.575. The van der Waals surface area contributed by atoms with Gasteiger partial charge in [-0.25, -0.2) is 24.4 Å². The lowest BCUT2D eigenvalue weighted by Crippen LogP contribution is -2.45. The van der Waals surface area contributed by atoms with Gasteiger partial charge in [-0.1, -0.05) is 0 Å². The molecule has 2 aliphatic heterocycles. The third-order valence-electron chi connectivity index (χ3n) is 3.80. The molecular formula is C18H29N5O6. The Kier molecular flexibility index (Phi) is 6.12. The summed E-state index contributed by atoms with van der Waals surface area (Å²) >= 11 is 0. The van der Waals surface area contributed by atoms with Crippen molar-refractivity contribution >= 4 is 24.0 Å². The van der Waals surface area contributed by atoms with Gasteiger partial charge in [0.1, 0.15) is 17.2 Å². The van der Waals surface area contributed by atoms with Crippen molar-refractivity contribution in [3.05, 3.63) is 11.4 Å². The summed E-state index contributed by atoms with van der Waals surface area (Å²) in [6, 6.07) is -1.43. The zero-order valence-corrected chi connectivity index (χ0v) is 17.8. The molecule has 0 aromatic carbocycles. The van der Waals surface area contributed by atoms with Crippen molar-refractivity contribution in [1.82, 2.24) is 26.0 Å². The Morgan fingerprint density at radius 3 is 2.14 bits per heavy atom. The second-order valence-corrected chi connectivity index (χ2v) is 8.73. The Balaban J connectivity index is 2.24. The number of nitrogens with zero attached hydrogens (tertiary/aromatic N) is 2. The number of urea groups is 1. The van der Waals surface area contributed by atoms with Crippen LogP contribution in [0.1, 0.15) is 41.5 Å². The largest absolute Gasteiger partial charge is 0.455 e. The smallest absolute Gasteiger partial charge is 0.408 e. The first-order chi connectivity index (χ1) is 13.2. The van der Waals surface area contributed by atoms with E-state index in [1.54, 1.807) is 46.6 Å². The molecule has 2 heterocycles. The average Bonchev–Trinajstić information content (AvgIpc) is 3.00. The summed E-state index contributed by atoms with van der Waals surface area (Å²) in [7, 11) is 1.44. The molecule has 1 fully saturated rings. The topological polar surface area (TPSA) is 129 Å². The molecule has 11 heteroatoms. The van der Waals surface area contributed by atoms with Crippen LogP contribution in [0, 0.1) is 0 Å². The SMILES string of the molecule is CNC(=O)NC1=C(C(=O)OC(C)(C)C)N2C(=O)[C@@H](NC(=O)OC(C)(C)C)CN2C1. The molecule has 0 saturated carbocycles. The highest BCUT2D eigenvalue weighted by Gasteiger charge is 2.49. The van der Waals surface area contributed by atoms with Crippen LogP contribution in [0.15, 0.2) is 11.4 Å². The monoisotopic (exact) mass is 411 g/mol. The normalized spacial score (nSPS) is 19.8. The standard InChI is InChI=1S/C18H29N5O6/c1-17(2,3)28-14(25)12-10(20-15(26)19-7)8-22-9-11(13(24)23(12)22)21-16(27)29-18(4,5)6/h11H,8-9H2,1-7H3,(H,21,27)(H2,19,20,26)/t11-/m0/s1. The van der Waals surface area contributed by atoms with E-state index >= 15 is 0 Å². The molecule has 0 aromatic heterocycles. The lowest BCUT2D eigenvalue weighted by atomic mass is 10.2. The summed E-state index contributed by atoms with van der Waals surface area (Å²) in [5.74, 6) is -1.27. The van der Waals surface area contributed by atoms with E-state index in [4.69, 9.17) is 9.47 Å². The molecule has 162 valence electrons. The average molecular weight is 411 g/mol. The molecule has 0 aliphatic carbocycles. The van der Waals surface area contributed by atoms with Gasteiger partial charge in [-0.05, 0) is 41.5 Å². The highest BCUT2D eigenvalue weighted by atomic mass is 16.6. The van der Waals surface area contributed by atoms with E-state index in [0.29, 0.717) is 0 Å². The predicted octanol–water partition coefficient (Wildman–Crippen LogP) is 0.435. The van der Waals surface area contributed by atoms with Gasteiger partial charge in [0.2, 0.25) is 0 Å². The molecule has 2 rings (SSSR count). The second kappa shape index (κ2) is 7.90. The molecule has 0 spiro atoms. The van der Waals surface area contributed by atoms with Crippen molar-refractivity contribution in [1.29, 1.82) is 0 Å². The van der Waals surface area contributed by atoms with Gasteiger partial charge in [-0.3, -0.25) is 4.79 Å². The van der Waals surface area contributed by atoms with Gasteiger partial charge in [-0.15, -0.1) is 0 Å². The van der Waals surface area contributed by atoms with E-state index in [1.165, 1.54) is 7.05 Å². The lowest BCUT2D eigenvalue weighted by Gasteiger charge is -2.24. The maximum absolute atomic E-state index is 12.9. The van der Waals surface area contributed by atoms with Crippen molar-refractivity contribution in [2.45, 2.75) is 58.8 Å². The summed E-state index contributed by atoms with van der Waals surface area (Å²) in [6.07, 6.45) is -0.732. The van der Waals surface area contributed by atoms with Crippen LogP contribution in [0.5, 0.6) is 0 Å². The Labute approximate surface area is 169 Å². The number of carbonyl (C=O) groups excluding carboxylic acids is 4. The minimum Gasteiger partial charge on any atom is -0.455 e. The van der Waals surface area contributed by atoms with E-state index in [9.17, 15) is 19.2 Å². The minimum atomic E-state index is -0.899. The number of hydrogen-bond donors (Lipinski definition) is 3. The van der Waals surface area contributed by atoms with E-state index in [1.807, 2.05) is 0 Å². The first-order valence-electron chi connectivity index (χ1n) is 9.25. The van der Waals surface area contributed by atoms with Crippen molar-refractivity contribution in [3.63, 3.8) is 0 Å². The lowest BCUT2D eigenvalue weighted by molar-refractivity contribution is -0.156. The first kappa shape index (κ1) is 22.5. The third kappa shape index (κ3) is 5.59. The maximum Gasteiger partial charge on any atom is 0.408 e. The van der Waals surface area contributed by atoms with Crippen LogP contribution in [0.25, 0.3) is 0 Å². The maximum atomic E-state index is 12.9. The summed E-state index contributed by atoms with van der Waals surface area (Å²) < 4.78 is 10.6. The Morgan fingerprint density at radius 1 is 1.03 bits per heavy atom. The summed E-state index contributed by atoms with van der Waals surface area (Å²) in [5.41, 5.74) is -1.36. The van der Waals surface area contributed by atoms with Crippen molar-refractivity contribution < 1.29 is 28.7 Å². The van der Waals surface area contributed by atoms with Crippen molar-refractivity contribution in [3.8, 4) is 0 Å². The Hall–Kier alpha value is -2.82. The second-order valence-electron chi connectivity index (χ2n) is 8.73. The predicted molar refractivity (Wildman–Crippen MR) is 102 cm³/mol. The van der Waals surface area contributed by atoms with Gasteiger partial charge in [0.05, 0.1) is 12.2 Å². The fourth-order valence-corrected chi connectivity index (χ4v) is 2.82. The molecule has 0 unspecified atom stereocenters. The molecule has 4 amide bonds. The van der Waals surface area contributed by atoms with Gasteiger partial charge in [0.25, 0.3) is 5.91 Å². The number of hydrogen-bond acceptors (Lipinski definition) is 7. The van der Waals surface area contributed by atoms with E-state index < -0.39 is 41.2 Å². The highest BCUT2D eigenvalue weighted by molar-refractivity contribution is 5.99. The Bertz CT molecular complexity index is 749. The number of esters is 1. The molecule has 0 radical (unpaired) electrons. The van der Waals surface area contributed by atoms with Gasteiger partial charge in [0, 0.05) is 13.6 Å². The van der Waals surface area contributed by atoms with E-state index in [-0.39, 0.29) is 24.5 Å². The van der Waals surface area contributed by atoms with Crippen LogP contribution >= 0.6 is 0 Å². The van der Waals surface area contributed by atoms with Crippen LogP contribution < -0.4 is 16.0 Å². The molecule has 29 heavy (non-hydrogen) atoms. The summed E-state index contributed by atoms with van der Waals surface area (Å²) in [6.45, 7) is 10.4. The van der Waals surface area contributed by atoms with Crippen molar-refractivity contribution in [2.24, 2.45) is 0 Å². The fourth-order valence-electron chi connectivity index (χ4n) is 2.82. The van der Waals surface area contributed by atoms with Crippen LogP contribution in [-0.2, 0) is 19.1 Å². The molecule has 3 N–H and O–H groups in total. The zero-order chi connectivity index (χ0) is 22.1. The molecule has 11 nitrogen and oxygen atoms in total. The van der Waals surface area contributed by atoms with E-state index in [2.05, 4.69) is 16.0 Å². The third-order valence-corrected chi connectivity index (χ3v) is 3.80. The van der Waals surface area contributed by atoms with Gasteiger partial charge < -0.3 is 25.4 Å². The fraction of sp³-hybridized carbons (Fsp3) is 0.667. The van der Waals surface area contributed by atoms with Gasteiger partial charge in [0.15, 0.2) is 5.70 Å². The number of fused-ring (bicyclic) bond motifs is 1. The van der Waals surface area contributed by atoms with Crippen LogP contribution in [0.4, 0.5) is 9.59 Å². The number of nitrogens with one attached hydrogen (secondary N) is 3. The van der Waals surface area contributed by atoms with Crippen LogP contribution in [0.2, 0.25) is 0 Å². The number of rotatable bonds is 3. The summed E-state index contributed by atoms with van der Waals surface area (Å²) in [5, 5.41) is 10.2. The van der Waals surface area contributed by atoms with E-state index in [0.717, 1.165) is 5.01 Å². The van der Waals surface area contributed by atoms with Crippen LogP contribution in [-0.4, -0.2) is 71.4 Å². The number of ether oxygens (including phenoxy) is 2. The number of amides is 4. The first-order valence-corrected chi connectivity index (χ1v) is 9.25. The molecular weight excluding hydrogens is 382 g/mol. The molecule has 0 aromatic rings. The molecule has 2 aliphatic rings. The van der Waals surface area contributed by atoms with Gasteiger partial charge >= 0.3 is 18.1 Å². The number of carbonyl (C=O) groups is 4. The van der Waals surface area contributed by atoms with Crippen LogP contribution in [0.3, 0.4) is 0 Å². The summed E-state index contributed by atoms with van der Waals surface area (Å²) in [4.78, 5) is 49.5. The van der Waals surface area contributed by atoms with Crippen molar-refractivity contribution in [2.75, 3.05) is 20.1 Å².